The van der Waals surface area contributed by atoms with E-state index in [0.717, 1.165) is 18.7 Å². The fourth-order valence-electron chi connectivity index (χ4n) is 4.24. The van der Waals surface area contributed by atoms with E-state index in [4.69, 9.17) is 9.97 Å². The summed E-state index contributed by atoms with van der Waals surface area (Å²) in [6, 6.07) is 15.7. The minimum absolute atomic E-state index is 0.0703. The molecule has 1 saturated heterocycles. The molecule has 0 aliphatic carbocycles. The number of piperazine rings is 1. The van der Waals surface area contributed by atoms with Gasteiger partial charge in [-0.15, -0.1) is 0 Å². The second kappa shape index (κ2) is 10.8. The van der Waals surface area contributed by atoms with Gasteiger partial charge in [-0.1, -0.05) is 49.0 Å². The van der Waals surface area contributed by atoms with Crippen molar-refractivity contribution in [3.8, 4) is 22.6 Å². The van der Waals surface area contributed by atoms with E-state index in [-0.39, 0.29) is 11.6 Å². The summed E-state index contributed by atoms with van der Waals surface area (Å²) in [5.41, 5.74) is 3.02. The van der Waals surface area contributed by atoms with E-state index in [1.165, 1.54) is 12.1 Å². The van der Waals surface area contributed by atoms with Gasteiger partial charge >= 0.3 is 0 Å². The Bertz CT molecular complexity index is 1280. The molecular weight excluding hydrogens is 456 g/mol. The van der Waals surface area contributed by atoms with Crippen molar-refractivity contribution in [2.45, 2.75) is 0 Å². The van der Waals surface area contributed by atoms with E-state index in [9.17, 15) is 14.9 Å². The van der Waals surface area contributed by atoms with Gasteiger partial charge in [-0.05, 0) is 26.7 Å². The lowest BCUT2D eigenvalue weighted by Gasteiger charge is -2.33. The van der Waals surface area contributed by atoms with Crippen LogP contribution in [0.3, 0.4) is 0 Å². The van der Waals surface area contributed by atoms with Crippen LogP contribution in [0.15, 0.2) is 61.2 Å². The second-order valence-electron chi connectivity index (χ2n) is 9.23. The van der Waals surface area contributed by atoms with Crippen molar-refractivity contribution in [3.05, 3.63) is 82.5 Å². The molecule has 0 spiro atoms. The van der Waals surface area contributed by atoms with E-state index >= 15 is 0 Å². The first-order valence-electron chi connectivity index (χ1n) is 11.8. The molecule has 1 fully saturated rings. The molecule has 3 aromatic rings. The third kappa shape index (κ3) is 5.48. The smallest absolute Gasteiger partial charge is 0.270 e. The molecule has 1 aliphatic rings. The molecule has 1 amide bonds. The van der Waals surface area contributed by atoms with Crippen LogP contribution in [0.1, 0.15) is 16.1 Å². The van der Waals surface area contributed by atoms with Gasteiger partial charge in [0.2, 0.25) is 0 Å². The first kappa shape index (κ1) is 25.2. The van der Waals surface area contributed by atoms with Gasteiger partial charge in [-0.2, -0.15) is 0 Å². The van der Waals surface area contributed by atoms with E-state index in [1.807, 2.05) is 56.4 Å². The summed E-state index contributed by atoms with van der Waals surface area (Å²) < 4.78 is 0. The molecule has 0 radical (unpaired) electrons. The Kier molecular flexibility index (Phi) is 7.52. The van der Waals surface area contributed by atoms with Crippen LogP contribution in [0, 0.1) is 10.1 Å². The number of hydrogen-bond acceptors (Lipinski definition) is 7. The van der Waals surface area contributed by atoms with Crippen molar-refractivity contribution in [1.82, 2.24) is 24.7 Å². The number of nitro groups is 1. The van der Waals surface area contributed by atoms with Crippen molar-refractivity contribution in [2.24, 2.45) is 0 Å². The predicted octanol–water partition coefficient (Wildman–Crippen LogP) is 3.68. The Balaban J connectivity index is 1.97. The van der Waals surface area contributed by atoms with Gasteiger partial charge < -0.3 is 14.7 Å². The van der Waals surface area contributed by atoms with Crippen LogP contribution in [0.4, 0.5) is 5.69 Å². The largest absolute Gasteiger partial charge is 0.336 e. The molecule has 2 heterocycles. The van der Waals surface area contributed by atoms with Crippen molar-refractivity contribution < 1.29 is 9.72 Å². The first-order chi connectivity index (χ1) is 17.2. The van der Waals surface area contributed by atoms with E-state index in [1.54, 1.807) is 17.0 Å². The standard InChI is InChI=1S/C27H30N6O3/c1-19(18-30(2)3)24-23(27(34)32-15-13-31(4)14-16-32)25(21-11-8-12-22(17-21)33(35)36)29-26(28-24)20-9-6-5-7-10-20/h5-12,17H,1,13-16,18H2,2-4H3. The molecule has 2 aromatic carbocycles. The number of benzene rings is 2. The van der Waals surface area contributed by atoms with E-state index < -0.39 is 4.92 Å². The maximum atomic E-state index is 14.0. The molecule has 4 rings (SSSR count). The van der Waals surface area contributed by atoms with Crippen LogP contribution in [0.2, 0.25) is 0 Å². The maximum absolute atomic E-state index is 14.0. The summed E-state index contributed by atoms with van der Waals surface area (Å²) in [5, 5.41) is 11.5. The van der Waals surface area contributed by atoms with Gasteiger partial charge in [0, 0.05) is 56.0 Å². The summed E-state index contributed by atoms with van der Waals surface area (Å²) in [7, 11) is 5.88. The summed E-state index contributed by atoms with van der Waals surface area (Å²) in [6.45, 7) is 7.41. The number of likely N-dealkylation sites (N-methyl/N-ethyl adjacent to an activating group) is 2. The topological polar surface area (TPSA) is 95.7 Å². The number of carbonyl (C=O) groups excluding carboxylic acids is 1. The fourth-order valence-corrected chi connectivity index (χ4v) is 4.24. The number of rotatable bonds is 7. The van der Waals surface area contributed by atoms with Crippen molar-refractivity contribution >= 4 is 17.2 Å². The van der Waals surface area contributed by atoms with Crippen molar-refractivity contribution in [3.63, 3.8) is 0 Å². The number of aromatic nitrogens is 2. The lowest BCUT2D eigenvalue weighted by molar-refractivity contribution is -0.384. The molecule has 36 heavy (non-hydrogen) atoms. The lowest BCUT2D eigenvalue weighted by atomic mass is 9.98. The summed E-state index contributed by atoms with van der Waals surface area (Å²) in [5.74, 6) is 0.237. The van der Waals surface area contributed by atoms with Gasteiger partial charge in [0.25, 0.3) is 11.6 Å². The van der Waals surface area contributed by atoms with Gasteiger partial charge in [-0.3, -0.25) is 14.9 Å². The third-order valence-electron chi connectivity index (χ3n) is 6.12. The Hall–Kier alpha value is -3.95. The molecular formula is C27H30N6O3. The SMILES string of the molecule is C=C(CN(C)C)c1nc(-c2ccccc2)nc(-c2cccc([N+](=O)[O-])c2)c1C(=O)N1CCN(C)CC1. The number of nitro benzene ring substituents is 1. The minimum Gasteiger partial charge on any atom is -0.336 e. The molecule has 0 saturated carbocycles. The first-order valence-corrected chi connectivity index (χ1v) is 11.8. The Morgan fingerprint density at radius 1 is 1.03 bits per heavy atom. The molecule has 0 N–H and O–H groups in total. The Morgan fingerprint density at radius 2 is 1.69 bits per heavy atom. The Morgan fingerprint density at radius 3 is 2.33 bits per heavy atom. The van der Waals surface area contributed by atoms with Gasteiger partial charge in [0.15, 0.2) is 5.82 Å². The summed E-state index contributed by atoms with van der Waals surface area (Å²) >= 11 is 0. The molecule has 9 nitrogen and oxygen atoms in total. The average Bonchev–Trinajstić information content (AvgIpc) is 2.88. The van der Waals surface area contributed by atoms with Crippen molar-refractivity contribution in [2.75, 3.05) is 53.9 Å². The second-order valence-corrected chi connectivity index (χ2v) is 9.23. The Labute approximate surface area is 210 Å². The number of hydrogen-bond donors (Lipinski definition) is 0. The van der Waals surface area contributed by atoms with Crippen LogP contribution < -0.4 is 0 Å². The van der Waals surface area contributed by atoms with Gasteiger partial charge in [-0.25, -0.2) is 9.97 Å². The zero-order valence-electron chi connectivity index (χ0n) is 20.8. The molecule has 9 heteroatoms. The molecule has 0 unspecified atom stereocenters. The predicted molar refractivity (Wildman–Crippen MR) is 141 cm³/mol. The summed E-state index contributed by atoms with van der Waals surface area (Å²) in [4.78, 5) is 40.7. The number of amides is 1. The summed E-state index contributed by atoms with van der Waals surface area (Å²) in [6.07, 6.45) is 0. The van der Waals surface area contributed by atoms with Crippen LogP contribution in [-0.4, -0.2) is 89.4 Å². The number of nitrogens with zero attached hydrogens (tertiary/aromatic N) is 6. The lowest BCUT2D eigenvalue weighted by Crippen LogP contribution is -2.47. The zero-order valence-corrected chi connectivity index (χ0v) is 20.8. The monoisotopic (exact) mass is 486 g/mol. The molecule has 1 aromatic heterocycles. The highest BCUT2D eigenvalue weighted by Gasteiger charge is 2.29. The van der Waals surface area contributed by atoms with E-state index in [0.29, 0.717) is 53.5 Å². The highest BCUT2D eigenvalue weighted by atomic mass is 16.6. The van der Waals surface area contributed by atoms with Crippen molar-refractivity contribution in [1.29, 1.82) is 0 Å². The molecule has 0 bridgehead atoms. The third-order valence-corrected chi connectivity index (χ3v) is 6.12. The van der Waals surface area contributed by atoms with Gasteiger partial charge in [0.05, 0.1) is 21.9 Å². The van der Waals surface area contributed by atoms with Crippen LogP contribution in [0.5, 0.6) is 0 Å². The fraction of sp³-hybridized carbons (Fsp3) is 0.296. The maximum Gasteiger partial charge on any atom is 0.270 e. The number of non-ortho nitro benzene ring substituents is 1. The minimum atomic E-state index is -0.448. The zero-order chi connectivity index (χ0) is 25.8. The highest BCUT2D eigenvalue weighted by Crippen LogP contribution is 2.33. The molecule has 1 aliphatic heterocycles. The van der Waals surface area contributed by atoms with Gasteiger partial charge in [0.1, 0.15) is 0 Å². The van der Waals surface area contributed by atoms with E-state index in [2.05, 4.69) is 11.5 Å². The average molecular weight is 487 g/mol. The van der Waals surface area contributed by atoms with Crippen LogP contribution in [-0.2, 0) is 0 Å². The number of carbonyl (C=O) groups is 1. The molecule has 0 atom stereocenters. The highest BCUT2D eigenvalue weighted by molar-refractivity contribution is 6.04. The molecule has 186 valence electrons. The quantitative estimate of drug-likeness (QED) is 0.371. The van der Waals surface area contributed by atoms with Crippen LogP contribution >= 0.6 is 0 Å². The van der Waals surface area contributed by atoms with Crippen LogP contribution in [0.25, 0.3) is 28.2 Å². The normalized spacial score (nSPS) is 14.2.